The van der Waals surface area contributed by atoms with Gasteiger partial charge in [-0.3, -0.25) is 9.78 Å². The van der Waals surface area contributed by atoms with E-state index in [0.29, 0.717) is 18.5 Å². The molecule has 6 heteroatoms. The molecule has 2 N–H and O–H groups in total. The Balaban J connectivity index is 1.91. The average molecular weight is 349 g/mol. The van der Waals surface area contributed by atoms with Gasteiger partial charge in [-0.25, -0.2) is 4.79 Å². The molecule has 0 aliphatic rings. The second kappa shape index (κ2) is 6.99. The first-order valence-corrected chi connectivity index (χ1v) is 7.06. The smallest absolute Gasteiger partial charge is 0.335 e. The third-order valence-electron chi connectivity index (χ3n) is 2.84. The van der Waals surface area contributed by atoms with Gasteiger partial charge in [-0.05, 0) is 46.1 Å². The van der Waals surface area contributed by atoms with Gasteiger partial charge in [-0.15, -0.1) is 0 Å². The fourth-order valence-electron chi connectivity index (χ4n) is 1.82. The molecule has 1 heterocycles. The molecular formula is C15H13BrN2O3. The van der Waals surface area contributed by atoms with Crippen molar-refractivity contribution in [2.75, 3.05) is 6.54 Å². The Morgan fingerprint density at radius 3 is 2.71 bits per heavy atom. The summed E-state index contributed by atoms with van der Waals surface area (Å²) in [6, 6.07) is 8.36. The predicted molar refractivity (Wildman–Crippen MR) is 81.4 cm³/mol. The summed E-state index contributed by atoms with van der Waals surface area (Å²) in [4.78, 5) is 26.7. The van der Waals surface area contributed by atoms with Crippen LogP contribution in [-0.2, 0) is 6.42 Å². The molecule has 5 nitrogen and oxygen atoms in total. The van der Waals surface area contributed by atoms with Crippen molar-refractivity contribution in [1.82, 2.24) is 10.3 Å². The van der Waals surface area contributed by atoms with Crippen molar-refractivity contribution < 1.29 is 14.7 Å². The number of aromatic carboxylic acids is 1. The Hall–Kier alpha value is -2.21. The number of aromatic nitrogens is 1. The number of halogens is 1. The molecule has 0 saturated carbocycles. The Morgan fingerprint density at radius 1 is 1.19 bits per heavy atom. The average Bonchev–Trinajstić information content (AvgIpc) is 2.47. The maximum atomic E-state index is 11.9. The lowest BCUT2D eigenvalue weighted by molar-refractivity contribution is 0.0696. The molecule has 21 heavy (non-hydrogen) atoms. The van der Waals surface area contributed by atoms with Crippen molar-refractivity contribution in [2.45, 2.75) is 6.42 Å². The van der Waals surface area contributed by atoms with Gasteiger partial charge in [0, 0.05) is 23.4 Å². The fourth-order valence-corrected chi connectivity index (χ4v) is 2.18. The van der Waals surface area contributed by atoms with Crippen molar-refractivity contribution in [2.24, 2.45) is 0 Å². The van der Waals surface area contributed by atoms with Crippen LogP contribution in [0.15, 0.2) is 47.2 Å². The molecule has 0 unspecified atom stereocenters. The number of amides is 1. The van der Waals surface area contributed by atoms with E-state index < -0.39 is 5.97 Å². The molecule has 1 amide bonds. The third-order valence-corrected chi connectivity index (χ3v) is 3.27. The van der Waals surface area contributed by atoms with Crippen LogP contribution in [0.1, 0.15) is 26.3 Å². The van der Waals surface area contributed by atoms with Crippen LogP contribution in [0.4, 0.5) is 0 Å². The van der Waals surface area contributed by atoms with Gasteiger partial charge >= 0.3 is 5.97 Å². The van der Waals surface area contributed by atoms with Crippen molar-refractivity contribution in [3.05, 3.63) is 63.9 Å². The summed E-state index contributed by atoms with van der Waals surface area (Å²) in [5, 5.41) is 11.7. The van der Waals surface area contributed by atoms with E-state index in [-0.39, 0.29) is 11.5 Å². The highest BCUT2D eigenvalue weighted by molar-refractivity contribution is 9.10. The topological polar surface area (TPSA) is 79.3 Å². The summed E-state index contributed by atoms with van der Waals surface area (Å²) in [7, 11) is 0. The van der Waals surface area contributed by atoms with E-state index in [0.717, 1.165) is 10.0 Å². The SMILES string of the molecule is O=C(O)c1cccc(CCNC(=O)c2cncc(Br)c2)c1. The van der Waals surface area contributed by atoms with E-state index in [1.165, 1.54) is 12.3 Å². The molecule has 2 rings (SSSR count). The minimum atomic E-state index is -0.957. The van der Waals surface area contributed by atoms with Crippen LogP contribution in [0.3, 0.4) is 0 Å². The largest absolute Gasteiger partial charge is 0.478 e. The molecule has 0 aliphatic carbocycles. The van der Waals surface area contributed by atoms with E-state index in [9.17, 15) is 9.59 Å². The number of carboxylic acids is 1. The lowest BCUT2D eigenvalue weighted by Crippen LogP contribution is -2.25. The fraction of sp³-hybridized carbons (Fsp3) is 0.133. The van der Waals surface area contributed by atoms with Crippen LogP contribution < -0.4 is 5.32 Å². The summed E-state index contributed by atoms with van der Waals surface area (Å²) >= 11 is 3.26. The van der Waals surface area contributed by atoms with Crippen molar-refractivity contribution in [1.29, 1.82) is 0 Å². The molecule has 0 atom stereocenters. The number of pyridine rings is 1. The molecule has 0 radical (unpaired) electrons. The van der Waals surface area contributed by atoms with E-state index in [4.69, 9.17) is 5.11 Å². The van der Waals surface area contributed by atoms with Gasteiger partial charge in [0.05, 0.1) is 11.1 Å². The lowest BCUT2D eigenvalue weighted by Gasteiger charge is -2.06. The first-order valence-electron chi connectivity index (χ1n) is 6.27. The molecule has 1 aromatic carbocycles. The van der Waals surface area contributed by atoms with Gasteiger partial charge in [0.25, 0.3) is 5.91 Å². The lowest BCUT2D eigenvalue weighted by atomic mass is 10.1. The molecule has 0 spiro atoms. The van der Waals surface area contributed by atoms with Gasteiger partial charge in [-0.1, -0.05) is 12.1 Å². The monoisotopic (exact) mass is 348 g/mol. The predicted octanol–water partition coefficient (Wildman–Crippen LogP) is 2.51. The zero-order valence-electron chi connectivity index (χ0n) is 11.0. The molecule has 0 fully saturated rings. The standard InChI is InChI=1S/C15H13BrN2O3/c16-13-7-12(8-17-9-13)14(19)18-5-4-10-2-1-3-11(6-10)15(20)21/h1-3,6-9H,4-5H2,(H,18,19)(H,20,21). The normalized spacial score (nSPS) is 10.1. The Bertz CT molecular complexity index is 673. The number of carbonyl (C=O) groups is 2. The first-order chi connectivity index (χ1) is 10.1. The van der Waals surface area contributed by atoms with E-state index >= 15 is 0 Å². The summed E-state index contributed by atoms with van der Waals surface area (Å²) in [6.07, 6.45) is 3.66. The Kier molecular flexibility index (Phi) is 5.05. The van der Waals surface area contributed by atoms with Crippen LogP contribution in [0.2, 0.25) is 0 Å². The molecular weight excluding hydrogens is 336 g/mol. The van der Waals surface area contributed by atoms with E-state index in [2.05, 4.69) is 26.2 Å². The second-order valence-corrected chi connectivity index (χ2v) is 5.32. The van der Waals surface area contributed by atoms with Gasteiger partial charge in [0.2, 0.25) is 0 Å². The number of rotatable bonds is 5. The van der Waals surface area contributed by atoms with Crippen molar-refractivity contribution in [3.63, 3.8) is 0 Å². The number of carboxylic acid groups (broad SMARTS) is 1. The number of carbonyl (C=O) groups excluding carboxylic acids is 1. The molecule has 0 aliphatic heterocycles. The third kappa shape index (κ3) is 4.39. The zero-order valence-corrected chi connectivity index (χ0v) is 12.6. The molecule has 1 aromatic heterocycles. The van der Waals surface area contributed by atoms with Crippen LogP contribution in [0.5, 0.6) is 0 Å². The van der Waals surface area contributed by atoms with Gasteiger partial charge < -0.3 is 10.4 Å². The van der Waals surface area contributed by atoms with Crippen LogP contribution in [-0.4, -0.2) is 28.5 Å². The Labute approximate surface area is 130 Å². The first kappa shape index (κ1) is 15.2. The highest BCUT2D eigenvalue weighted by atomic mass is 79.9. The summed E-state index contributed by atoms with van der Waals surface area (Å²) in [5.74, 6) is -1.17. The van der Waals surface area contributed by atoms with Crippen LogP contribution in [0.25, 0.3) is 0 Å². The number of hydrogen-bond donors (Lipinski definition) is 2. The van der Waals surface area contributed by atoms with Crippen molar-refractivity contribution in [3.8, 4) is 0 Å². The van der Waals surface area contributed by atoms with Gasteiger partial charge in [-0.2, -0.15) is 0 Å². The number of nitrogens with zero attached hydrogens (tertiary/aromatic N) is 1. The molecule has 0 bridgehead atoms. The summed E-state index contributed by atoms with van der Waals surface area (Å²) in [6.45, 7) is 0.425. The number of nitrogens with one attached hydrogen (secondary N) is 1. The maximum absolute atomic E-state index is 11.9. The number of benzene rings is 1. The molecule has 2 aromatic rings. The second-order valence-electron chi connectivity index (χ2n) is 4.40. The van der Waals surface area contributed by atoms with E-state index in [1.807, 2.05) is 6.07 Å². The Morgan fingerprint density at radius 2 is 2.00 bits per heavy atom. The summed E-state index contributed by atoms with van der Waals surface area (Å²) in [5.41, 5.74) is 1.58. The maximum Gasteiger partial charge on any atom is 0.335 e. The molecule has 0 saturated heterocycles. The van der Waals surface area contributed by atoms with Gasteiger partial charge in [0.1, 0.15) is 0 Å². The highest BCUT2D eigenvalue weighted by Crippen LogP contribution is 2.09. The minimum absolute atomic E-state index is 0.210. The summed E-state index contributed by atoms with van der Waals surface area (Å²) < 4.78 is 0.740. The van der Waals surface area contributed by atoms with Gasteiger partial charge in [0.15, 0.2) is 0 Å². The zero-order chi connectivity index (χ0) is 15.2. The molecule has 108 valence electrons. The van der Waals surface area contributed by atoms with Crippen LogP contribution in [0, 0.1) is 0 Å². The van der Waals surface area contributed by atoms with Crippen LogP contribution >= 0.6 is 15.9 Å². The quantitative estimate of drug-likeness (QED) is 0.869. The van der Waals surface area contributed by atoms with Crippen molar-refractivity contribution >= 4 is 27.8 Å². The number of hydrogen-bond acceptors (Lipinski definition) is 3. The highest BCUT2D eigenvalue weighted by Gasteiger charge is 2.07. The van der Waals surface area contributed by atoms with E-state index in [1.54, 1.807) is 24.4 Å². The minimum Gasteiger partial charge on any atom is -0.478 e.